The number of nitrogens with zero attached hydrogens (tertiary/aromatic N) is 1. The first-order chi connectivity index (χ1) is 9.47. The third-order valence-electron chi connectivity index (χ3n) is 2.70. The number of nitrogens with one attached hydrogen (secondary N) is 2. The smallest absolute Gasteiger partial charge is 0.272 e. The van der Waals surface area contributed by atoms with Crippen molar-refractivity contribution in [3.8, 4) is 0 Å². The van der Waals surface area contributed by atoms with E-state index in [4.69, 9.17) is 0 Å². The van der Waals surface area contributed by atoms with Gasteiger partial charge in [0.05, 0.1) is 6.04 Å². The topological polar surface area (TPSA) is 74.8 Å². The molecule has 1 aromatic heterocycles. The fourth-order valence-electron chi connectivity index (χ4n) is 1.61. The van der Waals surface area contributed by atoms with E-state index in [0.29, 0.717) is 5.56 Å². The third kappa shape index (κ3) is 3.05. The monoisotopic (exact) mass is 279 g/mol. The number of amides is 1. The van der Waals surface area contributed by atoms with Gasteiger partial charge in [0.25, 0.3) is 11.5 Å². The molecule has 104 valence electrons. The van der Waals surface area contributed by atoms with Gasteiger partial charge in [0.15, 0.2) is 11.6 Å². The van der Waals surface area contributed by atoms with E-state index >= 15 is 0 Å². The molecule has 5 nitrogen and oxygen atoms in total. The predicted molar refractivity (Wildman–Crippen MR) is 67.1 cm³/mol. The second-order valence-electron chi connectivity index (χ2n) is 4.18. The lowest BCUT2D eigenvalue weighted by Crippen LogP contribution is -2.28. The summed E-state index contributed by atoms with van der Waals surface area (Å²) in [5, 5.41) is 8.27. The van der Waals surface area contributed by atoms with E-state index in [1.807, 2.05) is 0 Å². The summed E-state index contributed by atoms with van der Waals surface area (Å²) in [6.45, 7) is 1.62. The molecule has 2 N–H and O–H groups in total. The van der Waals surface area contributed by atoms with Crippen LogP contribution in [0.5, 0.6) is 0 Å². The van der Waals surface area contributed by atoms with Crippen molar-refractivity contribution in [3.63, 3.8) is 0 Å². The summed E-state index contributed by atoms with van der Waals surface area (Å²) in [7, 11) is 0. The van der Waals surface area contributed by atoms with E-state index in [1.54, 1.807) is 6.92 Å². The highest BCUT2D eigenvalue weighted by molar-refractivity contribution is 5.92. The Balaban J connectivity index is 2.12. The molecule has 0 aliphatic rings. The van der Waals surface area contributed by atoms with Crippen LogP contribution in [0.2, 0.25) is 0 Å². The fraction of sp³-hybridized carbons (Fsp3) is 0.154. The molecule has 1 amide bonds. The normalized spacial score (nSPS) is 11.9. The fourth-order valence-corrected chi connectivity index (χ4v) is 1.61. The molecule has 0 radical (unpaired) electrons. The molecule has 2 rings (SSSR count). The zero-order valence-electron chi connectivity index (χ0n) is 10.5. The van der Waals surface area contributed by atoms with Gasteiger partial charge >= 0.3 is 0 Å². The van der Waals surface area contributed by atoms with Crippen molar-refractivity contribution >= 4 is 5.91 Å². The largest absolute Gasteiger partial charge is 0.344 e. The van der Waals surface area contributed by atoms with Crippen LogP contribution >= 0.6 is 0 Å². The van der Waals surface area contributed by atoms with Gasteiger partial charge in [0.2, 0.25) is 0 Å². The van der Waals surface area contributed by atoms with Gasteiger partial charge in [-0.25, -0.2) is 13.9 Å². The van der Waals surface area contributed by atoms with Crippen LogP contribution in [0.4, 0.5) is 8.78 Å². The molecule has 0 bridgehead atoms. The van der Waals surface area contributed by atoms with Crippen LogP contribution in [-0.4, -0.2) is 16.1 Å². The van der Waals surface area contributed by atoms with Gasteiger partial charge in [0, 0.05) is 6.07 Å². The molecule has 1 unspecified atom stereocenters. The van der Waals surface area contributed by atoms with Crippen molar-refractivity contribution in [3.05, 3.63) is 63.6 Å². The molecule has 0 saturated heterocycles. The number of aromatic nitrogens is 2. The van der Waals surface area contributed by atoms with Crippen LogP contribution in [0.25, 0.3) is 0 Å². The number of halogens is 2. The van der Waals surface area contributed by atoms with Crippen molar-refractivity contribution in [2.75, 3.05) is 0 Å². The third-order valence-corrected chi connectivity index (χ3v) is 2.70. The highest BCUT2D eigenvalue weighted by Gasteiger charge is 2.14. The minimum Gasteiger partial charge on any atom is -0.344 e. The maximum Gasteiger partial charge on any atom is 0.272 e. The van der Waals surface area contributed by atoms with Gasteiger partial charge in [-0.3, -0.25) is 9.59 Å². The van der Waals surface area contributed by atoms with Gasteiger partial charge in [0.1, 0.15) is 5.69 Å². The Hall–Kier alpha value is -2.57. The standard InChI is InChI=1S/C13H11F2N3O2/c1-7(8-2-3-9(14)10(15)6-8)16-13(20)11-4-5-12(19)18-17-11/h2-7H,1H3,(H,16,20)(H,18,19). The molecule has 0 aliphatic heterocycles. The highest BCUT2D eigenvalue weighted by atomic mass is 19.2. The van der Waals surface area contributed by atoms with Crippen molar-refractivity contribution in [1.29, 1.82) is 0 Å². The zero-order valence-corrected chi connectivity index (χ0v) is 10.5. The number of hydrogen-bond acceptors (Lipinski definition) is 3. The summed E-state index contributed by atoms with van der Waals surface area (Å²) < 4.78 is 25.9. The molecule has 2 aromatic rings. The van der Waals surface area contributed by atoms with Crippen LogP contribution in [0.15, 0.2) is 35.1 Å². The number of hydrogen-bond donors (Lipinski definition) is 2. The number of carbonyl (C=O) groups is 1. The molecule has 1 atom stereocenters. The molecule has 0 spiro atoms. The Bertz CT molecular complexity index is 680. The van der Waals surface area contributed by atoms with Crippen LogP contribution in [0, 0.1) is 11.6 Å². The average Bonchev–Trinajstić information content (AvgIpc) is 2.42. The molecule has 1 heterocycles. The Morgan fingerprint density at radius 3 is 2.60 bits per heavy atom. The molecule has 0 aliphatic carbocycles. The van der Waals surface area contributed by atoms with Crippen molar-refractivity contribution in [2.24, 2.45) is 0 Å². The Morgan fingerprint density at radius 2 is 2.00 bits per heavy atom. The molecule has 0 saturated carbocycles. The second-order valence-corrected chi connectivity index (χ2v) is 4.18. The Kier molecular flexibility index (Phi) is 3.88. The lowest BCUT2D eigenvalue weighted by Gasteiger charge is -2.14. The summed E-state index contributed by atoms with van der Waals surface area (Å²) >= 11 is 0. The summed E-state index contributed by atoms with van der Waals surface area (Å²) in [5.41, 5.74) is 0.0240. The minimum absolute atomic E-state index is 0.0269. The van der Waals surface area contributed by atoms with Crippen LogP contribution in [-0.2, 0) is 0 Å². The summed E-state index contributed by atoms with van der Waals surface area (Å²) in [6.07, 6.45) is 0. The SMILES string of the molecule is CC(NC(=O)c1ccc(=O)[nH]n1)c1ccc(F)c(F)c1. The highest BCUT2D eigenvalue weighted by Crippen LogP contribution is 2.16. The first kappa shape index (κ1) is 13.9. The molecule has 7 heteroatoms. The van der Waals surface area contributed by atoms with E-state index in [2.05, 4.69) is 15.5 Å². The van der Waals surface area contributed by atoms with Gasteiger partial charge in [-0.05, 0) is 30.7 Å². The van der Waals surface area contributed by atoms with E-state index < -0.39 is 29.1 Å². The molecule has 20 heavy (non-hydrogen) atoms. The minimum atomic E-state index is -0.981. The van der Waals surface area contributed by atoms with Gasteiger partial charge in [-0.2, -0.15) is 5.10 Å². The molecular weight excluding hydrogens is 268 g/mol. The van der Waals surface area contributed by atoms with Crippen LogP contribution in [0.1, 0.15) is 29.0 Å². The first-order valence-corrected chi connectivity index (χ1v) is 5.79. The second kappa shape index (κ2) is 5.60. The predicted octanol–water partition coefficient (Wildman–Crippen LogP) is 1.54. The van der Waals surface area contributed by atoms with Crippen molar-refractivity contribution < 1.29 is 13.6 Å². The van der Waals surface area contributed by atoms with E-state index in [0.717, 1.165) is 12.1 Å². The lowest BCUT2D eigenvalue weighted by molar-refractivity contribution is 0.0933. The van der Waals surface area contributed by atoms with Crippen molar-refractivity contribution in [1.82, 2.24) is 15.5 Å². The molecule has 1 aromatic carbocycles. The van der Waals surface area contributed by atoms with Crippen LogP contribution < -0.4 is 10.9 Å². The lowest BCUT2D eigenvalue weighted by atomic mass is 10.1. The van der Waals surface area contributed by atoms with E-state index in [1.165, 1.54) is 18.2 Å². The molecular formula is C13H11F2N3O2. The number of rotatable bonds is 3. The van der Waals surface area contributed by atoms with Crippen molar-refractivity contribution in [2.45, 2.75) is 13.0 Å². The van der Waals surface area contributed by atoms with E-state index in [9.17, 15) is 18.4 Å². The van der Waals surface area contributed by atoms with Gasteiger partial charge < -0.3 is 5.32 Å². The quantitative estimate of drug-likeness (QED) is 0.895. The van der Waals surface area contributed by atoms with Gasteiger partial charge in [-0.1, -0.05) is 6.07 Å². The number of aromatic amines is 1. The number of benzene rings is 1. The summed E-state index contributed by atoms with van der Waals surface area (Å²) in [5.74, 6) is -2.46. The van der Waals surface area contributed by atoms with Crippen LogP contribution in [0.3, 0.4) is 0 Å². The Morgan fingerprint density at radius 1 is 1.25 bits per heavy atom. The Labute approximate surface area is 112 Å². The zero-order chi connectivity index (χ0) is 14.7. The molecule has 0 fully saturated rings. The number of carbonyl (C=O) groups excluding carboxylic acids is 1. The van der Waals surface area contributed by atoms with Gasteiger partial charge in [-0.15, -0.1) is 0 Å². The average molecular weight is 279 g/mol. The summed E-state index contributed by atoms with van der Waals surface area (Å²) in [4.78, 5) is 22.7. The first-order valence-electron chi connectivity index (χ1n) is 5.79. The van der Waals surface area contributed by atoms with E-state index in [-0.39, 0.29) is 5.69 Å². The maximum atomic E-state index is 13.1. The number of H-pyrrole nitrogens is 1. The maximum absolute atomic E-state index is 13.1. The summed E-state index contributed by atoms with van der Waals surface area (Å²) in [6, 6.07) is 5.29.